The molecule has 0 bridgehead atoms. The van der Waals surface area contributed by atoms with Gasteiger partial charge in [-0.25, -0.2) is 0 Å². The Morgan fingerprint density at radius 2 is 1.79 bits per heavy atom. The third-order valence-electron chi connectivity index (χ3n) is 4.56. The first kappa shape index (κ1) is 24.2. The topological polar surface area (TPSA) is 75.3 Å². The first-order chi connectivity index (χ1) is 13.6. The molecule has 0 saturated heterocycles. The molecule has 1 aromatic carbocycles. The number of hydrogen-bond acceptors (Lipinski definition) is 4. The van der Waals surface area contributed by atoms with Gasteiger partial charge in [-0.15, -0.1) is 0 Å². The van der Waals surface area contributed by atoms with Gasteiger partial charge >= 0.3 is 0 Å². The number of thioether (sulfide) groups is 1. The Morgan fingerprint density at radius 1 is 1.07 bits per heavy atom. The summed E-state index contributed by atoms with van der Waals surface area (Å²) in [5.41, 5.74) is 0.983. The second-order valence-corrected chi connectivity index (χ2v) is 7.99. The molecule has 0 saturated carbocycles. The number of hydrogen-bond donors (Lipinski definition) is 2. The van der Waals surface area contributed by atoms with Gasteiger partial charge in [0.05, 0.1) is 6.04 Å². The molecule has 5 nitrogen and oxygen atoms in total. The summed E-state index contributed by atoms with van der Waals surface area (Å²) in [4.78, 5) is 36.3. The second kappa shape index (κ2) is 15.1. The molecule has 6 heteroatoms. The van der Waals surface area contributed by atoms with Gasteiger partial charge in [-0.2, -0.15) is 11.8 Å². The van der Waals surface area contributed by atoms with Crippen LogP contribution in [0.3, 0.4) is 0 Å². The van der Waals surface area contributed by atoms with Crippen molar-refractivity contribution in [1.29, 1.82) is 0 Å². The Hall–Kier alpha value is -1.82. The van der Waals surface area contributed by atoms with E-state index < -0.39 is 12.1 Å². The van der Waals surface area contributed by atoms with Gasteiger partial charge in [0.25, 0.3) is 0 Å². The molecule has 0 unspecified atom stereocenters. The van der Waals surface area contributed by atoms with Gasteiger partial charge in [-0.05, 0) is 36.8 Å². The molecule has 0 aliphatic rings. The maximum Gasteiger partial charge on any atom is 0.243 e. The van der Waals surface area contributed by atoms with Crippen LogP contribution in [0.5, 0.6) is 0 Å². The number of amides is 2. The summed E-state index contributed by atoms with van der Waals surface area (Å²) in [5, 5.41) is 5.64. The van der Waals surface area contributed by atoms with E-state index in [2.05, 4.69) is 17.6 Å². The van der Waals surface area contributed by atoms with E-state index in [1.807, 2.05) is 36.6 Å². The van der Waals surface area contributed by atoms with Gasteiger partial charge in [-0.1, -0.05) is 62.9 Å². The number of carbonyl (C=O) groups excluding carboxylic acids is 3. The third kappa shape index (κ3) is 10.5. The normalized spacial score (nSPS) is 12.8. The predicted octanol–water partition coefficient (Wildman–Crippen LogP) is 3.51. The van der Waals surface area contributed by atoms with Crippen LogP contribution >= 0.6 is 11.8 Å². The minimum absolute atomic E-state index is 0.0940. The molecule has 1 rings (SSSR count). The van der Waals surface area contributed by atoms with Crippen LogP contribution in [-0.2, 0) is 20.8 Å². The zero-order chi connectivity index (χ0) is 20.6. The minimum atomic E-state index is -0.603. The van der Waals surface area contributed by atoms with Gasteiger partial charge in [-0.3, -0.25) is 9.59 Å². The molecule has 2 N–H and O–H groups in total. The minimum Gasteiger partial charge on any atom is -0.344 e. The zero-order valence-corrected chi connectivity index (χ0v) is 17.9. The van der Waals surface area contributed by atoms with Crippen molar-refractivity contribution in [3.8, 4) is 0 Å². The van der Waals surface area contributed by atoms with Crippen LogP contribution < -0.4 is 10.6 Å². The molecule has 28 heavy (non-hydrogen) atoms. The van der Waals surface area contributed by atoms with Crippen LogP contribution in [0.15, 0.2) is 30.3 Å². The maximum absolute atomic E-state index is 12.7. The standard InChI is InChI=1S/C22H34N2O3S/c1-3-4-5-6-10-13-21(26)24-20(14-15-28-2)22(27)23-19(17-25)16-18-11-8-7-9-12-18/h7-9,11-12,17,19-20H,3-6,10,13-16H2,1-2H3,(H,23,27)(H,24,26)/t19-,20-/m0/s1. The first-order valence-electron chi connectivity index (χ1n) is 10.2. The Morgan fingerprint density at radius 3 is 2.43 bits per heavy atom. The van der Waals surface area contributed by atoms with Crippen molar-refractivity contribution >= 4 is 29.9 Å². The average Bonchev–Trinajstić information content (AvgIpc) is 2.71. The molecule has 0 spiro atoms. The quantitative estimate of drug-likeness (QED) is 0.345. The molecular formula is C22H34N2O3S. The largest absolute Gasteiger partial charge is 0.344 e. The predicted molar refractivity (Wildman–Crippen MR) is 116 cm³/mol. The molecule has 0 radical (unpaired) electrons. The van der Waals surface area contributed by atoms with Gasteiger partial charge in [0.15, 0.2) is 0 Å². The number of rotatable bonds is 15. The third-order valence-corrected chi connectivity index (χ3v) is 5.20. The summed E-state index contributed by atoms with van der Waals surface area (Å²) in [6.07, 6.45) is 9.52. The van der Waals surface area contributed by atoms with Crippen LogP contribution in [0.1, 0.15) is 57.4 Å². The molecule has 0 heterocycles. The molecule has 0 aliphatic carbocycles. The molecule has 1 aromatic rings. The number of benzene rings is 1. The molecule has 156 valence electrons. The lowest BCUT2D eigenvalue weighted by molar-refractivity contribution is -0.130. The highest BCUT2D eigenvalue weighted by molar-refractivity contribution is 7.98. The van der Waals surface area contributed by atoms with E-state index in [0.717, 1.165) is 36.9 Å². The fraction of sp³-hybridized carbons (Fsp3) is 0.591. The SMILES string of the molecule is CCCCCCCC(=O)N[C@@H](CCSC)C(=O)N[C@H](C=O)Cc1ccccc1. The second-order valence-electron chi connectivity index (χ2n) is 7.01. The van der Waals surface area contributed by atoms with Crippen molar-refractivity contribution in [2.24, 2.45) is 0 Å². The fourth-order valence-corrected chi connectivity index (χ4v) is 3.42. The van der Waals surface area contributed by atoms with E-state index in [-0.39, 0.29) is 11.8 Å². The summed E-state index contributed by atoms with van der Waals surface area (Å²) >= 11 is 1.63. The van der Waals surface area contributed by atoms with Crippen molar-refractivity contribution in [3.05, 3.63) is 35.9 Å². The molecule has 0 aliphatic heterocycles. The summed E-state index contributed by atoms with van der Waals surface area (Å²) in [6, 6.07) is 8.37. The van der Waals surface area contributed by atoms with E-state index in [4.69, 9.17) is 0 Å². The Bertz CT molecular complexity index is 580. The van der Waals surface area contributed by atoms with Gasteiger partial charge in [0.2, 0.25) is 11.8 Å². The van der Waals surface area contributed by atoms with Crippen LogP contribution in [0, 0.1) is 0 Å². The fourth-order valence-electron chi connectivity index (χ4n) is 2.94. The average molecular weight is 407 g/mol. The van der Waals surface area contributed by atoms with Gasteiger partial charge in [0, 0.05) is 6.42 Å². The zero-order valence-electron chi connectivity index (χ0n) is 17.1. The Labute approximate surface area is 173 Å². The Balaban J connectivity index is 2.54. The number of aldehydes is 1. The molecule has 0 fully saturated rings. The molecular weight excluding hydrogens is 372 g/mol. The molecule has 2 amide bonds. The summed E-state index contributed by atoms with van der Waals surface area (Å²) < 4.78 is 0. The number of unbranched alkanes of at least 4 members (excludes halogenated alkanes) is 4. The van der Waals surface area contributed by atoms with Crippen molar-refractivity contribution in [2.75, 3.05) is 12.0 Å². The monoisotopic (exact) mass is 406 g/mol. The van der Waals surface area contributed by atoms with E-state index in [1.165, 1.54) is 12.8 Å². The number of nitrogens with one attached hydrogen (secondary N) is 2. The van der Waals surface area contributed by atoms with Gasteiger partial charge in [0.1, 0.15) is 12.3 Å². The summed E-state index contributed by atoms with van der Waals surface area (Å²) in [6.45, 7) is 2.16. The Kier molecular flexibility index (Phi) is 13.1. The molecule has 0 aromatic heterocycles. The highest BCUT2D eigenvalue weighted by Gasteiger charge is 2.23. The first-order valence-corrected chi connectivity index (χ1v) is 11.6. The van der Waals surface area contributed by atoms with Crippen molar-refractivity contribution < 1.29 is 14.4 Å². The van der Waals surface area contributed by atoms with Crippen LogP contribution in [0.4, 0.5) is 0 Å². The maximum atomic E-state index is 12.7. The highest BCUT2D eigenvalue weighted by atomic mass is 32.2. The van der Waals surface area contributed by atoms with Crippen LogP contribution in [0.2, 0.25) is 0 Å². The van der Waals surface area contributed by atoms with Crippen molar-refractivity contribution in [1.82, 2.24) is 10.6 Å². The van der Waals surface area contributed by atoms with E-state index in [1.54, 1.807) is 11.8 Å². The lowest BCUT2D eigenvalue weighted by Gasteiger charge is -2.21. The molecule has 2 atom stereocenters. The smallest absolute Gasteiger partial charge is 0.243 e. The van der Waals surface area contributed by atoms with Crippen molar-refractivity contribution in [2.45, 2.75) is 70.4 Å². The highest BCUT2D eigenvalue weighted by Crippen LogP contribution is 2.07. The van der Waals surface area contributed by atoms with E-state index >= 15 is 0 Å². The summed E-state index contributed by atoms with van der Waals surface area (Å²) in [5.74, 6) is 0.379. The van der Waals surface area contributed by atoms with E-state index in [0.29, 0.717) is 19.3 Å². The number of carbonyl (C=O) groups is 3. The van der Waals surface area contributed by atoms with Crippen LogP contribution in [-0.4, -0.2) is 42.2 Å². The lowest BCUT2D eigenvalue weighted by Crippen LogP contribution is -2.50. The van der Waals surface area contributed by atoms with Gasteiger partial charge < -0.3 is 15.4 Å². The van der Waals surface area contributed by atoms with Crippen molar-refractivity contribution in [3.63, 3.8) is 0 Å². The van der Waals surface area contributed by atoms with Crippen LogP contribution in [0.25, 0.3) is 0 Å². The lowest BCUT2D eigenvalue weighted by atomic mass is 10.1. The van der Waals surface area contributed by atoms with E-state index in [9.17, 15) is 14.4 Å². The summed E-state index contributed by atoms with van der Waals surface area (Å²) in [7, 11) is 0.